The second kappa shape index (κ2) is 6.88. The van der Waals surface area contributed by atoms with Crippen molar-refractivity contribution in [3.8, 4) is 17.6 Å². The molecule has 5 nitrogen and oxygen atoms in total. The molecule has 2 atom stereocenters. The minimum atomic E-state index is -0.146. The molecule has 0 spiro atoms. The van der Waals surface area contributed by atoms with Gasteiger partial charge in [0.1, 0.15) is 5.75 Å². The molecule has 6 heteroatoms. The highest BCUT2D eigenvalue weighted by atomic mass is 32.1. The lowest BCUT2D eigenvalue weighted by Gasteiger charge is -2.16. The zero-order valence-electron chi connectivity index (χ0n) is 13.2. The number of aromatic nitrogens is 1. The van der Waals surface area contributed by atoms with Crippen molar-refractivity contribution in [2.75, 3.05) is 11.9 Å². The topological polar surface area (TPSA) is 63.3 Å². The van der Waals surface area contributed by atoms with Crippen LogP contribution in [0.3, 0.4) is 0 Å². The van der Waals surface area contributed by atoms with Gasteiger partial charge >= 0.3 is 0 Å². The number of nitrogens with zero attached hydrogens (tertiary/aromatic N) is 1. The van der Waals surface area contributed by atoms with Gasteiger partial charge in [-0.1, -0.05) is 17.3 Å². The quantitative estimate of drug-likeness (QED) is 0.631. The second-order valence-electron chi connectivity index (χ2n) is 5.52. The van der Waals surface area contributed by atoms with Gasteiger partial charge in [0.05, 0.1) is 22.9 Å². The summed E-state index contributed by atoms with van der Waals surface area (Å²) >= 11 is 1.64. The van der Waals surface area contributed by atoms with Crippen LogP contribution in [0.5, 0.6) is 5.75 Å². The summed E-state index contributed by atoms with van der Waals surface area (Å²) in [5.41, 5.74) is 2.24. The summed E-state index contributed by atoms with van der Waals surface area (Å²) < 4.78 is 6.76. The molecule has 1 aromatic carbocycles. The number of nitrogens with one attached hydrogen (secondary N) is 2. The van der Waals surface area contributed by atoms with Crippen LogP contribution < -0.4 is 15.4 Å². The van der Waals surface area contributed by atoms with Gasteiger partial charge in [-0.3, -0.25) is 4.79 Å². The van der Waals surface area contributed by atoms with E-state index >= 15 is 0 Å². The maximum absolute atomic E-state index is 10.6. The molecule has 2 N–H and O–H groups in total. The molecule has 1 aromatic heterocycles. The summed E-state index contributed by atoms with van der Waals surface area (Å²) in [5, 5.41) is 7.04. The first kappa shape index (κ1) is 15.6. The first-order chi connectivity index (χ1) is 11.2. The summed E-state index contributed by atoms with van der Waals surface area (Å²) in [6.07, 6.45) is 2.34. The van der Waals surface area contributed by atoms with E-state index < -0.39 is 0 Å². The Kier molecular flexibility index (Phi) is 4.68. The molecule has 0 radical (unpaired) electrons. The van der Waals surface area contributed by atoms with Gasteiger partial charge in [-0.2, -0.15) is 0 Å². The van der Waals surface area contributed by atoms with Crippen molar-refractivity contribution < 1.29 is 9.53 Å². The van der Waals surface area contributed by atoms with Crippen molar-refractivity contribution in [3.05, 3.63) is 17.7 Å². The summed E-state index contributed by atoms with van der Waals surface area (Å²) in [5.74, 6) is 6.79. The van der Waals surface area contributed by atoms with Gasteiger partial charge in [0.25, 0.3) is 0 Å². The van der Waals surface area contributed by atoms with E-state index in [2.05, 4.69) is 35.5 Å². The number of benzene rings is 1. The van der Waals surface area contributed by atoms with Crippen molar-refractivity contribution in [3.63, 3.8) is 0 Å². The minimum absolute atomic E-state index is 0.146. The molecule has 0 bridgehead atoms. The van der Waals surface area contributed by atoms with Gasteiger partial charge in [-0.15, -0.1) is 5.92 Å². The van der Waals surface area contributed by atoms with Crippen LogP contribution in [0, 0.1) is 11.8 Å². The molecule has 2 aromatic rings. The number of ether oxygens (including phenoxy) is 1. The average Bonchev–Trinajstić information content (AvgIpc) is 3.12. The normalized spacial score (nSPS) is 15.0. The predicted octanol–water partition coefficient (Wildman–Crippen LogP) is 2.56. The van der Waals surface area contributed by atoms with Crippen molar-refractivity contribution in [2.24, 2.45) is 0 Å². The van der Waals surface area contributed by atoms with Gasteiger partial charge in [0.15, 0.2) is 5.13 Å². The zero-order chi connectivity index (χ0) is 16.2. The molecular formula is C17H19N3O2S. The number of hydrogen-bond acceptors (Lipinski definition) is 5. The molecule has 0 saturated heterocycles. The van der Waals surface area contributed by atoms with E-state index in [-0.39, 0.29) is 12.1 Å². The summed E-state index contributed by atoms with van der Waals surface area (Å²) in [7, 11) is 0. The Morgan fingerprint density at radius 2 is 2.39 bits per heavy atom. The molecule has 1 aliphatic rings. The van der Waals surface area contributed by atoms with Gasteiger partial charge in [-0.05, 0) is 32.4 Å². The van der Waals surface area contributed by atoms with Crippen molar-refractivity contribution in [1.82, 2.24) is 10.3 Å². The fraction of sp³-hybridized carbons (Fsp3) is 0.412. The zero-order valence-corrected chi connectivity index (χ0v) is 14.0. The van der Waals surface area contributed by atoms with Crippen LogP contribution >= 0.6 is 11.3 Å². The summed E-state index contributed by atoms with van der Waals surface area (Å²) in [6, 6.07) is 4.09. The monoisotopic (exact) mass is 329 g/mol. The van der Waals surface area contributed by atoms with E-state index in [4.69, 9.17) is 9.72 Å². The minimum Gasteiger partial charge on any atom is -0.493 e. The highest BCUT2D eigenvalue weighted by Gasteiger charge is 2.19. The van der Waals surface area contributed by atoms with Crippen LogP contribution in [0.25, 0.3) is 10.2 Å². The SMILES string of the molecule is CC#CC(C[C@@H](C)Nc1nc2c3c(ccc2s1)OCC3)NC=O. The Morgan fingerprint density at radius 3 is 3.17 bits per heavy atom. The summed E-state index contributed by atoms with van der Waals surface area (Å²) in [4.78, 5) is 15.4. The van der Waals surface area contributed by atoms with E-state index in [0.717, 1.165) is 35.8 Å². The Balaban J connectivity index is 1.73. The number of rotatable bonds is 6. The van der Waals surface area contributed by atoms with E-state index in [1.807, 2.05) is 6.07 Å². The summed E-state index contributed by atoms with van der Waals surface area (Å²) in [6.45, 7) is 4.57. The van der Waals surface area contributed by atoms with Crippen molar-refractivity contribution in [1.29, 1.82) is 0 Å². The van der Waals surface area contributed by atoms with Crippen LogP contribution in [-0.2, 0) is 11.2 Å². The molecule has 0 aliphatic carbocycles. The smallest absolute Gasteiger partial charge is 0.208 e. The van der Waals surface area contributed by atoms with E-state index in [1.54, 1.807) is 18.3 Å². The van der Waals surface area contributed by atoms with Crippen LogP contribution in [0.15, 0.2) is 12.1 Å². The number of hydrogen-bond donors (Lipinski definition) is 2. The van der Waals surface area contributed by atoms with Crippen LogP contribution in [0.4, 0.5) is 5.13 Å². The maximum Gasteiger partial charge on any atom is 0.208 e. The average molecular weight is 329 g/mol. The lowest BCUT2D eigenvalue weighted by Crippen LogP contribution is -2.32. The Hall–Kier alpha value is -2.26. The van der Waals surface area contributed by atoms with E-state index in [0.29, 0.717) is 6.41 Å². The van der Waals surface area contributed by atoms with Gasteiger partial charge < -0.3 is 15.4 Å². The number of fused-ring (bicyclic) bond motifs is 3. The lowest BCUT2D eigenvalue weighted by atomic mass is 10.1. The third-order valence-electron chi connectivity index (χ3n) is 3.78. The lowest BCUT2D eigenvalue weighted by molar-refractivity contribution is -0.109. The Morgan fingerprint density at radius 1 is 1.52 bits per heavy atom. The maximum atomic E-state index is 10.6. The number of anilines is 1. The molecular weight excluding hydrogens is 310 g/mol. The Labute approximate surface area is 139 Å². The molecule has 120 valence electrons. The van der Waals surface area contributed by atoms with Gasteiger partial charge in [0, 0.05) is 18.0 Å². The largest absolute Gasteiger partial charge is 0.493 e. The third kappa shape index (κ3) is 3.40. The predicted molar refractivity (Wildman–Crippen MR) is 93.0 cm³/mol. The number of amides is 1. The van der Waals surface area contributed by atoms with Gasteiger partial charge in [-0.25, -0.2) is 4.98 Å². The first-order valence-corrected chi connectivity index (χ1v) is 8.46. The van der Waals surface area contributed by atoms with Crippen LogP contribution in [0.2, 0.25) is 0 Å². The molecule has 23 heavy (non-hydrogen) atoms. The highest BCUT2D eigenvalue weighted by molar-refractivity contribution is 7.22. The standard InChI is InChI=1S/C17H19N3O2S/c1-3-4-12(18-10-21)9-11(2)19-17-20-16-13-7-8-22-14(13)5-6-15(16)23-17/h5-6,10-12H,7-9H2,1-2H3,(H,18,21)(H,19,20)/t11-,12?/m1/s1. The number of carbonyl (C=O) groups is 1. The van der Waals surface area contributed by atoms with Crippen LogP contribution in [0.1, 0.15) is 25.8 Å². The fourth-order valence-corrected chi connectivity index (χ4v) is 3.79. The number of thiazole rings is 1. The van der Waals surface area contributed by atoms with E-state index in [1.165, 1.54) is 10.3 Å². The third-order valence-corrected chi connectivity index (χ3v) is 4.73. The fourth-order valence-electron chi connectivity index (χ4n) is 2.78. The van der Waals surface area contributed by atoms with Crippen LogP contribution in [-0.4, -0.2) is 30.1 Å². The first-order valence-electron chi connectivity index (χ1n) is 7.65. The van der Waals surface area contributed by atoms with E-state index in [9.17, 15) is 4.79 Å². The molecule has 1 unspecified atom stereocenters. The molecule has 0 saturated carbocycles. The van der Waals surface area contributed by atoms with Crippen molar-refractivity contribution >= 4 is 33.1 Å². The van der Waals surface area contributed by atoms with Crippen molar-refractivity contribution in [2.45, 2.75) is 38.8 Å². The molecule has 0 fully saturated rings. The van der Waals surface area contributed by atoms with Gasteiger partial charge in [0.2, 0.25) is 6.41 Å². The highest BCUT2D eigenvalue weighted by Crippen LogP contribution is 2.36. The molecule has 2 heterocycles. The molecule has 3 rings (SSSR count). The Bertz CT molecular complexity index is 775. The second-order valence-corrected chi connectivity index (χ2v) is 6.55. The molecule has 1 aliphatic heterocycles. The number of carbonyl (C=O) groups excluding carboxylic acids is 1. The molecule has 1 amide bonds.